The molecule has 17 heavy (non-hydrogen) atoms. The van der Waals surface area contributed by atoms with Crippen molar-refractivity contribution in [2.24, 2.45) is 0 Å². The highest BCUT2D eigenvalue weighted by Crippen LogP contribution is 2.35. The van der Waals surface area contributed by atoms with E-state index in [2.05, 4.69) is 45.2 Å². The van der Waals surface area contributed by atoms with E-state index in [1.54, 1.807) is 12.1 Å². The number of halogens is 3. The van der Waals surface area contributed by atoms with Crippen molar-refractivity contribution in [2.45, 2.75) is 4.90 Å². The Hall–Kier alpha value is 0.800. The van der Waals surface area contributed by atoms with Gasteiger partial charge in [0.05, 0.1) is 0 Å². The van der Waals surface area contributed by atoms with E-state index in [4.69, 9.17) is 0 Å². The summed E-state index contributed by atoms with van der Waals surface area (Å²) in [5.41, 5.74) is 0. The summed E-state index contributed by atoms with van der Waals surface area (Å²) in [5, 5.41) is 1.40. The number of hydrogen-bond donors (Lipinski definition) is 1. The Kier molecular flexibility index (Phi) is 4.23. The molecule has 0 aromatic heterocycles. The third-order valence-corrected chi connectivity index (χ3v) is 8.90. The van der Waals surface area contributed by atoms with Crippen LogP contribution >= 0.6 is 67.8 Å². The molecule has 0 aliphatic heterocycles. The summed E-state index contributed by atoms with van der Waals surface area (Å²) in [6.07, 6.45) is 0. The maximum absolute atomic E-state index is 11.5. The first-order valence-electron chi connectivity index (χ1n) is 4.36. The first kappa shape index (κ1) is 14.2. The lowest BCUT2D eigenvalue weighted by molar-refractivity contribution is 0.483. The third-order valence-electron chi connectivity index (χ3n) is 2.25. The molecule has 2 aromatic carbocycles. The lowest BCUT2D eigenvalue weighted by Crippen LogP contribution is -2.05. The van der Waals surface area contributed by atoms with Gasteiger partial charge < -0.3 is 0 Å². The van der Waals surface area contributed by atoms with E-state index >= 15 is 0 Å². The minimum absolute atomic E-state index is 0.00137. The fourth-order valence-electron chi connectivity index (χ4n) is 1.56. The number of benzene rings is 2. The van der Waals surface area contributed by atoms with Gasteiger partial charge in [0.1, 0.15) is 4.90 Å². The molecule has 0 saturated carbocycles. The first-order chi connectivity index (χ1) is 7.84. The molecule has 2 rings (SSSR count). The van der Waals surface area contributed by atoms with Crippen LogP contribution in [0.3, 0.4) is 0 Å². The second kappa shape index (κ2) is 5.06. The van der Waals surface area contributed by atoms with Gasteiger partial charge in [-0.3, -0.25) is 4.55 Å². The van der Waals surface area contributed by atoms with Crippen molar-refractivity contribution < 1.29 is 13.0 Å². The minimum Gasteiger partial charge on any atom is -0.282 e. The summed E-state index contributed by atoms with van der Waals surface area (Å²) >= 11 is 6.23. The van der Waals surface area contributed by atoms with E-state index in [0.29, 0.717) is 8.96 Å². The van der Waals surface area contributed by atoms with Crippen LogP contribution in [0.5, 0.6) is 0 Å². The van der Waals surface area contributed by atoms with Gasteiger partial charge in [0.25, 0.3) is 10.1 Å². The molecule has 0 spiro atoms. The average Bonchev–Trinajstić information content (AvgIpc) is 2.24. The molecule has 0 unspecified atom stereocenters. The average molecular weight is 586 g/mol. The van der Waals surface area contributed by atoms with E-state index in [1.165, 1.54) is 0 Å². The van der Waals surface area contributed by atoms with E-state index in [1.807, 2.05) is 34.7 Å². The summed E-state index contributed by atoms with van der Waals surface area (Å²) in [6.45, 7) is 0. The lowest BCUT2D eigenvalue weighted by atomic mass is 10.1. The molecule has 7 heteroatoms. The second-order valence-electron chi connectivity index (χ2n) is 3.29. The van der Waals surface area contributed by atoms with Crippen molar-refractivity contribution in [3.8, 4) is 0 Å². The van der Waals surface area contributed by atoms with Crippen molar-refractivity contribution in [3.63, 3.8) is 0 Å². The molecule has 0 saturated heterocycles. The van der Waals surface area contributed by atoms with Crippen LogP contribution in [0.25, 0.3) is 10.8 Å². The van der Waals surface area contributed by atoms with Crippen molar-refractivity contribution in [3.05, 3.63) is 35.0 Å². The van der Waals surface area contributed by atoms with Crippen molar-refractivity contribution in [1.82, 2.24) is 0 Å². The van der Waals surface area contributed by atoms with Crippen molar-refractivity contribution in [2.75, 3.05) is 0 Å². The summed E-state index contributed by atoms with van der Waals surface area (Å²) in [5.74, 6) is 0. The third kappa shape index (κ3) is 2.58. The van der Waals surface area contributed by atoms with E-state index in [0.717, 1.165) is 12.5 Å². The van der Waals surface area contributed by atoms with Crippen LogP contribution in [0.1, 0.15) is 0 Å². The number of rotatable bonds is 1. The molecule has 0 bridgehead atoms. The smallest absolute Gasteiger partial charge is 0.282 e. The van der Waals surface area contributed by atoms with Crippen molar-refractivity contribution >= 4 is 88.7 Å². The van der Waals surface area contributed by atoms with Crippen LogP contribution < -0.4 is 0 Å². The molecule has 1 N–H and O–H groups in total. The largest absolute Gasteiger partial charge is 0.296 e. The zero-order valence-corrected chi connectivity index (χ0v) is 15.4. The van der Waals surface area contributed by atoms with Crippen LogP contribution in [-0.2, 0) is 10.1 Å². The lowest BCUT2D eigenvalue weighted by Gasteiger charge is -2.11. The summed E-state index contributed by atoms with van der Waals surface area (Å²) in [4.78, 5) is -0.00137. The van der Waals surface area contributed by atoms with E-state index in [9.17, 15) is 13.0 Å². The monoisotopic (exact) mass is 586 g/mol. The molecule has 2 aromatic rings. The fourth-order valence-corrected chi connectivity index (χ4v) is 5.74. The van der Waals surface area contributed by atoms with Gasteiger partial charge in [0, 0.05) is 16.1 Å². The number of hydrogen-bond acceptors (Lipinski definition) is 2. The second-order valence-corrected chi connectivity index (χ2v) is 7.89. The summed E-state index contributed by atoms with van der Waals surface area (Å²) in [6, 6.07) is 7.17. The van der Waals surface area contributed by atoms with E-state index in [-0.39, 0.29) is 4.90 Å². The molecule has 90 valence electrons. The highest BCUT2D eigenvalue weighted by molar-refractivity contribution is 14.1. The Morgan fingerprint density at radius 3 is 1.94 bits per heavy atom. The van der Waals surface area contributed by atoms with E-state index < -0.39 is 10.1 Å². The summed E-state index contributed by atoms with van der Waals surface area (Å²) < 4.78 is 34.7. The van der Waals surface area contributed by atoms with Gasteiger partial charge in [0.15, 0.2) is 0 Å². The van der Waals surface area contributed by atoms with Gasteiger partial charge in [-0.05, 0) is 73.2 Å². The SMILES string of the molecule is O=S(=O)(O)c1c(I)c(I)c(I)c2ccccc12. The molecule has 0 fully saturated rings. The topological polar surface area (TPSA) is 54.4 Å². The highest BCUT2D eigenvalue weighted by atomic mass is 127. The molecular weight excluding hydrogens is 581 g/mol. The molecule has 0 atom stereocenters. The van der Waals surface area contributed by atoms with Gasteiger partial charge in [0.2, 0.25) is 0 Å². The van der Waals surface area contributed by atoms with Crippen LogP contribution in [0.4, 0.5) is 0 Å². The quantitative estimate of drug-likeness (QED) is 0.314. The Labute approximate surface area is 140 Å². The van der Waals surface area contributed by atoms with Gasteiger partial charge in [-0.1, -0.05) is 24.3 Å². The van der Waals surface area contributed by atoms with Crippen LogP contribution in [0.2, 0.25) is 0 Å². The molecule has 0 radical (unpaired) electrons. The predicted molar refractivity (Wildman–Crippen MR) is 91.9 cm³/mol. The molecule has 0 heterocycles. The van der Waals surface area contributed by atoms with Gasteiger partial charge in [-0.25, -0.2) is 0 Å². The Morgan fingerprint density at radius 2 is 1.41 bits per heavy atom. The van der Waals surface area contributed by atoms with Crippen LogP contribution in [0, 0.1) is 10.7 Å². The maximum atomic E-state index is 11.5. The molecule has 0 aliphatic rings. The van der Waals surface area contributed by atoms with Gasteiger partial charge in [-0.15, -0.1) is 0 Å². The van der Waals surface area contributed by atoms with Crippen LogP contribution in [0.15, 0.2) is 29.2 Å². The standard InChI is InChI=1S/C10H5I3O3S/c11-7-5-3-1-2-4-6(5)10(17(14,15)16)9(13)8(7)12/h1-4H,(H,14,15,16). The normalized spacial score (nSPS) is 12.0. The Balaban J connectivity index is 3.12. The first-order valence-corrected chi connectivity index (χ1v) is 9.04. The minimum atomic E-state index is -4.21. The molecular formula is C10H5I3O3S. The summed E-state index contributed by atoms with van der Waals surface area (Å²) in [7, 11) is -4.21. The zero-order chi connectivity index (χ0) is 12.8. The Morgan fingerprint density at radius 1 is 0.882 bits per heavy atom. The van der Waals surface area contributed by atoms with Gasteiger partial charge in [-0.2, -0.15) is 8.42 Å². The fraction of sp³-hybridized carbons (Fsp3) is 0. The zero-order valence-electron chi connectivity index (χ0n) is 8.12. The van der Waals surface area contributed by atoms with Crippen LogP contribution in [-0.4, -0.2) is 13.0 Å². The number of fused-ring (bicyclic) bond motifs is 1. The maximum Gasteiger partial charge on any atom is 0.296 e. The highest BCUT2D eigenvalue weighted by Gasteiger charge is 2.22. The Bertz CT molecular complexity index is 710. The molecule has 0 amide bonds. The van der Waals surface area contributed by atoms with Crippen molar-refractivity contribution in [1.29, 1.82) is 0 Å². The molecule has 0 aliphatic carbocycles. The predicted octanol–water partition coefficient (Wildman–Crippen LogP) is 3.90. The molecule has 3 nitrogen and oxygen atoms in total. The van der Waals surface area contributed by atoms with Gasteiger partial charge >= 0.3 is 0 Å².